The lowest BCUT2D eigenvalue weighted by Gasteiger charge is -2.23. The molecular formula is C17H19ClN4O5S. The first-order valence-electron chi connectivity index (χ1n) is 8.20. The Morgan fingerprint density at radius 2 is 2.11 bits per heavy atom. The Morgan fingerprint density at radius 1 is 1.36 bits per heavy atom. The first kappa shape index (κ1) is 21.5. The molecule has 0 spiro atoms. The fraction of sp³-hybridized carbons (Fsp3) is 0.294. The molecule has 1 aliphatic heterocycles. The van der Waals surface area contributed by atoms with Crippen LogP contribution in [0.4, 0.5) is 16.4 Å². The molecule has 1 aromatic heterocycles. The number of ether oxygens (including phenoxy) is 1. The van der Waals surface area contributed by atoms with Gasteiger partial charge in [0.15, 0.2) is 0 Å². The number of rotatable bonds is 5. The Bertz CT molecular complexity index is 903. The summed E-state index contributed by atoms with van der Waals surface area (Å²) in [5.41, 5.74) is 6.74. The number of nitrogen functional groups attached to an aromatic ring is 1. The minimum absolute atomic E-state index is 0. The third-order valence-corrected chi connectivity index (χ3v) is 5.32. The fourth-order valence-electron chi connectivity index (χ4n) is 3.00. The molecule has 0 radical (unpaired) electrons. The van der Waals surface area contributed by atoms with Gasteiger partial charge in [0.1, 0.15) is 11.8 Å². The molecule has 2 aromatic rings. The van der Waals surface area contributed by atoms with Gasteiger partial charge in [0, 0.05) is 18.3 Å². The number of hydrogen-bond acceptors (Lipinski definition) is 7. The van der Waals surface area contributed by atoms with Gasteiger partial charge in [-0.2, -0.15) is 0 Å². The molecule has 2 heterocycles. The molecule has 3 N–H and O–H groups in total. The van der Waals surface area contributed by atoms with Crippen LogP contribution in [0.2, 0.25) is 0 Å². The van der Waals surface area contributed by atoms with Crippen molar-refractivity contribution >= 4 is 51.9 Å². The minimum Gasteiger partial charge on any atom is -0.495 e. The molecule has 1 aromatic carbocycles. The zero-order valence-corrected chi connectivity index (χ0v) is 16.5. The van der Waals surface area contributed by atoms with Crippen molar-refractivity contribution < 1.29 is 19.2 Å². The van der Waals surface area contributed by atoms with Gasteiger partial charge in [-0.15, -0.1) is 12.4 Å². The van der Waals surface area contributed by atoms with Crippen LogP contribution in [0.15, 0.2) is 30.3 Å². The fourth-order valence-corrected chi connectivity index (χ4v) is 3.78. The zero-order chi connectivity index (χ0) is 19.6. The standard InChI is InChI=1S/C17H18N4O5S.ClH/c1-26-13-5-4-10(9-11(13)18)19-16(22)12-3-2-8-20(12)17(23)14-6-7-15(27-14)21(24)25;/h4-7,9,12H,2-3,8,18H2,1H3,(H,19,22);1H. The highest BCUT2D eigenvalue weighted by molar-refractivity contribution is 7.17. The molecular weight excluding hydrogens is 408 g/mol. The van der Waals surface area contributed by atoms with Crippen LogP contribution in [0.1, 0.15) is 22.5 Å². The van der Waals surface area contributed by atoms with E-state index in [1.54, 1.807) is 18.2 Å². The summed E-state index contributed by atoms with van der Waals surface area (Å²) in [5, 5.41) is 13.5. The van der Waals surface area contributed by atoms with Gasteiger partial charge in [-0.1, -0.05) is 11.3 Å². The van der Waals surface area contributed by atoms with E-state index in [0.717, 1.165) is 11.3 Å². The Morgan fingerprint density at radius 3 is 2.71 bits per heavy atom. The largest absolute Gasteiger partial charge is 0.495 e. The normalized spacial score (nSPS) is 15.6. The van der Waals surface area contributed by atoms with Crippen LogP contribution in [-0.2, 0) is 4.79 Å². The van der Waals surface area contributed by atoms with E-state index in [4.69, 9.17) is 10.5 Å². The maximum absolute atomic E-state index is 12.7. The number of likely N-dealkylation sites (tertiary alicyclic amines) is 1. The van der Waals surface area contributed by atoms with E-state index in [1.165, 1.54) is 24.1 Å². The highest BCUT2D eigenvalue weighted by atomic mass is 35.5. The van der Waals surface area contributed by atoms with E-state index in [9.17, 15) is 19.7 Å². The van der Waals surface area contributed by atoms with Crippen LogP contribution in [0.25, 0.3) is 0 Å². The zero-order valence-electron chi connectivity index (χ0n) is 14.9. The number of benzene rings is 1. The van der Waals surface area contributed by atoms with Crippen LogP contribution >= 0.6 is 23.7 Å². The number of hydrogen-bond donors (Lipinski definition) is 2. The quantitative estimate of drug-likeness (QED) is 0.429. The number of anilines is 2. The van der Waals surface area contributed by atoms with E-state index in [0.29, 0.717) is 36.5 Å². The van der Waals surface area contributed by atoms with Gasteiger partial charge < -0.3 is 20.7 Å². The third-order valence-electron chi connectivity index (χ3n) is 4.30. The Hall–Kier alpha value is -2.85. The van der Waals surface area contributed by atoms with Crippen molar-refractivity contribution in [2.75, 3.05) is 24.7 Å². The van der Waals surface area contributed by atoms with E-state index >= 15 is 0 Å². The third kappa shape index (κ3) is 4.34. The molecule has 1 fully saturated rings. The summed E-state index contributed by atoms with van der Waals surface area (Å²) in [5.74, 6) is -0.193. The smallest absolute Gasteiger partial charge is 0.324 e. The average molecular weight is 427 g/mol. The number of halogens is 1. The lowest BCUT2D eigenvalue weighted by atomic mass is 10.2. The molecule has 150 valence electrons. The van der Waals surface area contributed by atoms with Crippen LogP contribution in [-0.4, -0.2) is 41.3 Å². The Balaban J connectivity index is 0.00000280. The first-order valence-corrected chi connectivity index (χ1v) is 9.02. The highest BCUT2D eigenvalue weighted by Gasteiger charge is 2.35. The SMILES string of the molecule is COc1ccc(NC(=O)C2CCCN2C(=O)c2ccc([N+](=O)[O-])s2)cc1N.Cl. The van der Waals surface area contributed by atoms with Crippen LogP contribution in [0.5, 0.6) is 5.75 Å². The van der Waals surface area contributed by atoms with Crippen LogP contribution < -0.4 is 15.8 Å². The van der Waals surface area contributed by atoms with Crippen molar-refractivity contribution in [2.24, 2.45) is 0 Å². The van der Waals surface area contributed by atoms with E-state index in [-0.39, 0.29) is 34.1 Å². The summed E-state index contributed by atoms with van der Waals surface area (Å²) in [7, 11) is 1.50. The number of nitro groups is 1. The molecule has 0 bridgehead atoms. The molecule has 28 heavy (non-hydrogen) atoms. The Kier molecular flexibility index (Phi) is 6.81. The molecule has 1 atom stereocenters. The molecule has 3 rings (SSSR count). The number of nitrogens with two attached hydrogens (primary N) is 1. The summed E-state index contributed by atoms with van der Waals surface area (Å²) < 4.78 is 5.08. The molecule has 11 heteroatoms. The highest BCUT2D eigenvalue weighted by Crippen LogP contribution is 2.29. The van der Waals surface area contributed by atoms with Gasteiger partial charge in [-0.05, 0) is 37.1 Å². The predicted octanol–water partition coefficient (Wildman–Crippen LogP) is 2.91. The lowest BCUT2D eigenvalue weighted by Crippen LogP contribution is -2.42. The number of thiophene rings is 1. The van der Waals surface area contributed by atoms with Crippen molar-refractivity contribution in [3.05, 3.63) is 45.3 Å². The second kappa shape index (κ2) is 8.89. The van der Waals surface area contributed by atoms with Crippen molar-refractivity contribution in [1.82, 2.24) is 4.90 Å². The molecule has 2 amide bonds. The maximum Gasteiger partial charge on any atom is 0.324 e. The van der Waals surface area contributed by atoms with Gasteiger partial charge >= 0.3 is 5.00 Å². The molecule has 1 aliphatic rings. The minimum atomic E-state index is -0.637. The van der Waals surface area contributed by atoms with Crippen molar-refractivity contribution in [2.45, 2.75) is 18.9 Å². The van der Waals surface area contributed by atoms with Crippen LogP contribution in [0, 0.1) is 10.1 Å². The van der Waals surface area contributed by atoms with Gasteiger partial charge in [0.25, 0.3) is 5.91 Å². The number of methoxy groups -OCH3 is 1. The number of carbonyl (C=O) groups excluding carboxylic acids is 2. The van der Waals surface area contributed by atoms with Gasteiger partial charge in [-0.25, -0.2) is 0 Å². The average Bonchev–Trinajstić information content (AvgIpc) is 3.31. The molecule has 0 aliphatic carbocycles. The first-order chi connectivity index (χ1) is 12.9. The number of nitrogens with zero attached hydrogens (tertiary/aromatic N) is 2. The van der Waals surface area contributed by atoms with Gasteiger partial charge in [0.2, 0.25) is 5.91 Å². The summed E-state index contributed by atoms with van der Waals surface area (Å²) in [6.07, 6.45) is 1.21. The van der Waals surface area contributed by atoms with E-state index in [1.807, 2.05) is 0 Å². The topological polar surface area (TPSA) is 128 Å². The number of nitrogens with one attached hydrogen (secondary N) is 1. The summed E-state index contributed by atoms with van der Waals surface area (Å²) in [4.78, 5) is 37.3. The summed E-state index contributed by atoms with van der Waals surface area (Å²) >= 11 is 0.807. The van der Waals surface area contributed by atoms with Gasteiger partial charge in [0.05, 0.1) is 22.6 Å². The summed E-state index contributed by atoms with van der Waals surface area (Å²) in [6.45, 7) is 0.424. The predicted molar refractivity (Wildman–Crippen MR) is 108 cm³/mol. The molecule has 0 saturated carbocycles. The van der Waals surface area contributed by atoms with E-state index in [2.05, 4.69) is 5.32 Å². The number of amides is 2. The molecule has 9 nitrogen and oxygen atoms in total. The molecule has 1 saturated heterocycles. The van der Waals surface area contributed by atoms with Crippen LogP contribution in [0.3, 0.4) is 0 Å². The van der Waals surface area contributed by atoms with Crippen molar-refractivity contribution in [3.8, 4) is 5.75 Å². The summed E-state index contributed by atoms with van der Waals surface area (Å²) in [6, 6.07) is 6.97. The lowest BCUT2D eigenvalue weighted by molar-refractivity contribution is -0.380. The van der Waals surface area contributed by atoms with Crippen molar-refractivity contribution in [1.29, 1.82) is 0 Å². The van der Waals surface area contributed by atoms with E-state index < -0.39 is 11.0 Å². The second-order valence-corrected chi connectivity index (χ2v) is 7.06. The second-order valence-electron chi connectivity index (χ2n) is 6.00. The maximum atomic E-state index is 12.7. The number of carbonyl (C=O) groups is 2. The van der Waals surface area contributed by atoms with Crippen molar-refractivity contribution in [3.63, 3.8) is 0 Å². The monoisotopic (exact) mass is 426 g/mol. The molecule has 1 unspecified atom stereocenters. The van der Waals surface area contributed by atoms with Gasteiger partial charge in [-0.3, -0.25) is 19.7 Å². The Labute approximate surface area is 171 Å².